The van der Waals surface area contributed by atoms with Crippen molar-refractivity contribution in [2.75, 3.05) is 18.5 Å². The quantitative estimate of drug-likeness (QED) is 0.421. The lowest BCUT2D eigenvalue weighted by Gasteiger charge is -2.26. The van der Waals surface area contributed by atoms with Crippen molar-refractivity contribution in [1.29, 1.82) is 0 Å². The van der Waals surface area contributed by atoms with E-state index in [-0.39, 0.29) is 18.7 Å². The summed E-state index contributed by atoms with van der Waals surface area (Å²) in [5.74, 6) is -1.03. The number of carbonyl (C=O) groups is 1. The second kappa shape index (κ2) is 9.13. The number of ether oxygens (including phenoxy) is 3. The summed E-state index contributed by atoms with van der Waals surface area (Å²) in [5, 5.41) is 0.569. The minimum absolute atomic E-state index is 0.181. The van der Waals surface area contributed by atoms with Crippen LogP contribution in [0.25, 0.3) is 0 Å². The molecule has 0 amide bonds. The molecule has 3 rings (SSSR count). The second-order valence-electron chi connectivity index (χ2n) is 6.19. The Morgan fingerprint density at radius 2 is 1.88 bits per heavy atom. The molecule has 0 aromatic heterocycles. The molecule has 0 spiro atoms. The molecule has 2 aromatic carbocycles. The molecule has 138 valence electrons. The summed E-state index contributed by atoms with van der Waals surface area (Å²) in [6, 6.07) is 17.2. The third kappa shape index (κ3) is 5.16. The molecule has 1 fully saturated rings. The number of halogens is 2. The molecule has 0 N–H and O–H groups in total. The van der Waals surface area contributed by atoms with Gasteiger partial charge in [-0.1, -0.05) is 62.2 Å². The first-order valence-electron chi connectivity index (χ1n) is 8.45. The summed E-state index contributed by atoms with van der Waals surface area (Å²) in [7, 11) is 0. The van der Waals surface area contributed by atoms with Crippen LogP contribution in [0.4, 0.5) is 0 Å². The average Bonchev–Trinajstić information content (AvgIpc) is 3.10. The zero-order valence-corrected chi connectivity index (χ0v) is 17.4. The lowest BCUT2D eigenvalue weighted by molar-refractivity contribution is -0.156. The average molecular weight is 484 g/mol. The van der Waals surface area contributed by atoms with E-state index in [0.29, 0.717) is 17.5 Å². The van der Waals surface area contributed by atoms with Crippen molar-refractivity contribution in [3.63, 3.8) is 0 Å². The van der Waals surface area contributed by atoms with Crippen LogP contribution in [0, 0.1) is 0 Å². The normalized spacial score (nSPS) is 22.3. The number of hydrogen-bond acceptors (Lipinski definition) is 4. The van der Waals surface area contributed by atoms with E-state index < -0.39 is 5.79 Å². The summed E-state index contributed by atoms with van der Waals surface area (Å²) in [4.78, 5) is 12.0. The lowest BCUT2D eigenvalue weighted by Crippen LogP contribution is -2.34. The highest BCUT2D eigenvalue weighted by Crippen LogP contribution is 2.31. The van der Waals surface area contributed by atoms with Crippen molar-refractivity contribution in [1.82, 2.24) is 0 Å². The SMILES string of the molecule is O=C(OCC1COC(CBr)(CCc2ccc(Br)cc2)O1)c1ccccc1. The van der Waals surface area contributed by atoms with Gasteiger partial charge >= 0.3 is 5.97 Å². The van der Waals surface area contributed by atoms with Gasteiger partial charge in [0, 0.05) is 10.9 Å². The first-order valence-corrected chi connectivity index (χ1v) is 10.4. The molecular weight excluding hydrogens is 464 g/mol. The van der Waals surface area contributed by atoms with Crippen molar-refractivity contribution in [2.45, 2.75) is 24.7 Å². The Balaban J connectivity index is 1.50. The maximum atomic E-state index is 12.0. The number of esters is 1. The van der Waals surface area contributed by atoms with Gasteiger partial charge in [-0.3, -0.25) is 0 Å². The highest BCUT2D eigenvalue weighted by molar-refractivity contribution is 9.10. The molecule has 0 aliphatic carbocycles. The van der Waals surface area contributed by atoms with E-state index in [1.54, 1.807) is 12.1 Å². The summed E-state index contributed by atoms with van der Waals surface area (Å²) >= 11 is 6.94. The van der Waals surface area contributed by atoms with Gasteiger partial charge in [-0.2, -0.15) is 0 Å². The molecule has 1 aliphatic rings. The number of hydrogen-bond donors (Lipinski definition) is 0. The standard InChI is InChI=1S/C20H20Br2O4/c21-14-20(11-10-15-6-8-17(22)9-7-15)25-13-18(26-20)12-24-19(23)16-4-2-1-3-5-16/h1-9,18H,10-14H2. The topological polar surface area (TPSA) is 44.8 Å². The lowest BCUT2D eigenvalue weighted by atomic mass is 10.1. The molecular formula is C20H20Br2O4. The predicted octanol–water partition coefficient (Wildman–Crippen LogP) is 4.75. The Bertz CT molecular complexity index is 720. The van der Waals surface area contributed by atoms with Gasteiger partial charge in [0.25, 0.3) is 0 Å². The minimum atomic E-state index is -0.684. The summed E-state index contributed by atoms with van der Waals surface area (Å²) in [6.07, 6.45) is 1.31. The van der Waals surface area contributed by atoms with Crippen molar-refractivity contribution >= 4 is 37.8 Å². The van der Waals surface area contributed by atoms with Crippen LogP contribution in [0.2, 0.25) is 0 Å². The van der Waals surface area contributed by atoms with Crippen molar-refractivity contribution in [3.8, 4) is 0 Å². The maximum Gasteiger partial charge on any atom is 0.338 e. The Labute approximate surface area is 170 Å². The molecule has 0 bridgehead atoms. The van der Waals surface area contributed by atoms with Crippen molar-refractivity contribution in [3.05, 3.63) is 70.2 Å². The minimum Gasteiger partial charge on any atom is -0.459 e. The Morgan fingerprint density at radius 1 is 1.15 bits per heavy atom. The molecule has 1 aliphatic heterocycles. The maximum absolute atomic E-state index is 12.0. The molecule has 0 saturated carbocycles. The van der Waals surface area contributed by atoms with Gasteiger partial charge in [0.05, 0.1) is 17.5 Å². The zero-order valence-electron chi connectivity index (χ0n) is 14.2. The molecule has 1 heterocycles. The molecule has 6 heteroatoms. The number of carbonyl (C=O) groups excluding carboxylic acids is 1. The van der Waals surface area contributed by atoms with Crippen LogP contribution >= 0.6 is 31.9 Å². The largest absolute Gasteiger partial charge is 0.459 e. The fourth-order valence-electron chi connectivity index (χ4n) is 2.78. The Kier molecular flexibility index (Phi) is 6.86. The van der Waals surface area contributed by atoms with E-state index >= 15 is 0 Å². The van der Waals surface area contributed by atoms with Gasteiger partial charge in [-0.25, -0.2) is 4.79 Å². The van der Waals surface area contributed by atoms with Crippen LogP contribution in [0.15, 0.2) is 59.1 Å². The number of benzene rings is 2. The predicted molar refractivity (Wildman–Crippen MR) is 107 cm³/mol. The fraction of sp³-hybridized carbons (Fsp3) is 0.350. The number of alkyl halides is 1. The van der Waals surface area contributed by atoms with Crippen LogP contribution in [-0.2, 0) is 20.6 Å². The number of aryl methyl sites for hydroxylation is 1. The first kappa shape index (κ1) is 19.5. The monoisotopic (exact) mass is 482 g/mol. The molecule has 2 unspecified atom stereocenters. The van der Waals surface area contributed by atoms with Gasteiger partial charge in [0.15, 0.2) is 5.79 Å². The van der Waals surface area contributed by atoms with Gasteiger partial charge in [0.1, 0.15) is 12.7 Å². The summed E-state index contributed by atoms with van der Waals surface area (Å²) < 4.78 is 18.4. The zero-order chi connectivity index (χ0) is 18.4. The molecule has 4 nitrogen and oxygen atoms in total. The van der Waals surface area contributed by atoms with Gasteiger partial charge in [-0.15, -0.1) is 0 Å². The van der Waals surface area contributed by atoms with Gasteiger partial charge in [0.2, 0.25) is 0 Å². The second-order valence-corrected chi connectivity index (χ2v) is 7.66. The summed E-state index contributed by atoms with van der Waals surface area (Å²) in [6.45, 7) is 0.592. The van der Waals surface area contributed by atoms with Crippen LogP contribution in [0.5, 0.6) is 0 Å². The molecule has 0 radical (unpaired) electrons. The van der Waals surface area contributed by atoms with E-state index in [1.807, 2.05) is 30.3 Å². The molecule has 26 heavy (non-hydrogen) atoms. The van der Waals surface area contributed by atoms with Crippen molar-refractivity contribution in [2.24, 2.45) is 0 Å². The highest BCUT2D eigenvalue weighted by atomic mass is 79.9. The van der Waals surface area contributed by atoms with Crippen LogP contribution in [0.1, 0.15) is 22.3 Å². The van der Waals surface area contributed by atoms with E-state index in [2.05, 4.69) is 44.0 Å². The van der Waals surface area contributed by atoms with E-state index in [4.69, 9.17) is 14.2 Å². The fourth-order valence-corrected chi connectivity index (χ4v) is 3.62. The van der Waals surface area contributed by atoms with Gasteiger partial charge in [-0.05, 0) is 36.2 Å². The van der Waals surface area contributed by atoms with Crippen LogP contribution in [0.3, 0.4) is 0 Å². The molecule has 1 saturated heterocycles. The highest BCUT2D eigenvalue weighted by Gasteiger charge is 2.40. The Hall–Kier alpha value is -1.21. The van der Waals surface area contributed by atoms with Crippen LogP contribution in [-0.4, -0.2) is 36.4 Å². The first-order chi connectivity index (χ1) is 12.6. The number of rotatable bonds is 7. The third-order valence-electron chi connectivity index (χ3n) is 4.23. The molecule has 2 atom stereocenters. The van der Waals surface area contributed by atoms with E-state index in [0.717, 1.165) is 17.3 Å². The Morgan fingerprint density at radius 3 is 2.58 bits per heavy atom. The van der Waals surface area contributed by atoms with E-state index in [9.17, 15) is 4.79 Å². The van der Waals surface area contributed by atoms with Gasteiger partial charge < -0.3 is 14.2 Å². The third-order valence-corrected chi connectivity index (χ3v) is 5.62. The smallest absolute Gasteiger partial charge is 0.338 e. The summed E-state index contributed by atoms with van der Waals surface area (Å²) in [5.41, 5.74) is 1.76. The van der Waals surface area contributed by atoms with Crippen LogP contribution < -0.4 is 0 Å². The van der Waals surface area contributed by atoms with E-state index in [1.165, 1.54) is 5.56 Å². The van der Waals surface area contributed by atoms with Crippen molar-refractivity contribution < 1.29 is 19.0 Å². The molecule has 2 aromatic rings.